The van der Waals surface area contributed by atoms with Crippen molar-refractivity contribution in [2.24, 2.45) is 17.2 Å². The standard InChI is InChI=1S/C28H37N5O4/c29-13-15-33(16-14-30)27(35)19-23(31)28(36)32-24(9-6-20-4-2-1-3-5-20)25(34)10-7-21-8-11-26-22(18-21)12-17-37-26/h1-5,8,11-12,17-18,23-24H,6-7,9-10,13-16,19,29-31H2,(H,32,36)/t23-,24-/m0/s1. The van der Waals surface area contributed by atoms with Crippen molar-refractivity contribution in [3.8, 4) is 0 Å². The van der Waals surface area contributed by atoms with E-state index in [1.54, 1.807) is 6.26 Å². The van der Waals surface area contributed by atoms with Crippen LogP contribution in [0.4, 0.5) is 0 Å². The molecule has 2 amide bonds. The molecule has 0 bridgehead atoms. The summed E-state index contributed by atoms with van der Waals surface area (Å²) in [4.78, 5) is 40.2. The van der Waals surface area contributed by atoms with E-state index in [0.29, 0.717) is 32.4 Å². The zero-order valence-corrected chi connectivity index (χ0v) is 21.1. The van der Waals surface area contributed by atoms with Crippen molar-refractivity contribution in [2.75, 3.05) is 26.2 Å². The average molecular weight is 508 g/mol. The van der Waals surface area contributed by atoms with Crippen molar-refractivity contribution in [1.82, 2.24) is 10.2 Å². The molecule has 0 fully saturated rings. The van der Waals surface area contributed by atoms with Crippen LogP contribution in [0.3, 0.4) is 0 Å². The fourth-order valence-corrected chi connectivity index (χ4v) is 4.24. The number of ketones is 1. The van der Waals surface area contributed by atoms with Gasteiger partial charge in [0.1, 0.15) is 5.58 Å². The van der Waals surface area contributed by atoms with E-state index in [9.17, 15) is 14.4 Å². The molecule has 0 aliphatic carbocycles. The summed E-state index contributed by atoms with van der Waals surface area (Å²) in [6, 6.07) is 15.7. The Labute approximate surface area is 217 Å². The number of rotatable bonds is 15. The summed E-state index contributed by atoms with van der Waals surface area (Å²) in [5, 5.41) is 3.79. The van der Waals surface area contributed by atoms with Gasteiger partial charge in [-0.2, -0.15) is 0 Å². The van der Waals surface area contributed by atoms with E-state index < -0.39 is 18.0 Å². The topological polar surface area (TPSA) is 158 Å². The molecule has 0 radical (unpaired) electrons. The van der Waals surface area contributed by atoms with Crippen LogP contribution in [0.1, 0.15) is 30.4 Å². The number of carbonyl (C=O) groups excluding carboxylic acids is 3. The summed E-state index contributed by atoms with van der Waals surface area (Å²) in [5.74, 6) is -0.900. The molecule has 0 saturated carbocycles. The van der Waals surface area contributed by atoms with E-state index in [4.69, 9.17) is 21.6 Å². The molecule has 3 aromatic rings. The van der Waals surface area contributed by atoms with Gasteiger partial charge in [0.25, 0.3) is 0 Å². The lowest BCUT2D eigenvalue weighted by Crippen LogP contribution is -2.51. The molecular formula is C28H37N5O4. The minimum absolute atomic E-state index is 0.0806. The van der Waals surface area contributed by atoms with Crippen LogP contribution in [0.15, 0.2) is 65.3 Å². The van der Waals surface area contributed by atoms with Crippen LogP contribution >= 0.6 is 0 Å². The molecule has 0 saturated heterocycles. The monoisotopic (exact) mass is 507 g/mol. The number of hydrogen-bond donors (Lipinski definition) is 4. The van der Waals surface area contributed by atoms with Gasteiger partial charge >= 0.3 is 0 Å². The summed E-state index contributed by atoms with van der Waals surface area (Å²) in [6.07, 6.45) is 3.30. The summed E-state index contributed by atoms with van der Waals surface area (Å²) in [6.45, 7) is 1.26. The number of fused-ring (bicyclic) bond motifs is 1. The first-order valence-electron chi connectivity index (χ1n) is 12.7. The van der Waals surface area contributed by atoms with Gasteiger partial charge in [0.05, 0.1) is 24.8 Å². The number of benzene rings is 2. The fraction of sp³-hybridized carbons (Fsp3) is 0.393. The predicted octanol–water partition coefficient (Wildman–Crippen LogP) is 1.52. The Balaban J connectivity index is 1.63. The summed E-state index contributed by atoms with van der Waals surface area (Å²) in [7, 11) is 0. The van der Waals surface area contributed by atoms with E-state index in [-0.39, 0.29) is 37.6 Å². The third-order valence-corrected chi connectivity index (χ3v) is 6.33. The molecule has 1 heterocycles. The first-order valence-corrected chi connectivity index (χ1v) is 12.7. The smallest absolute Gasteiger partial charge is 0.238 e. The van der Waals surface area contributed by atoms with Crippen LogP contribution in [0.2, 0.25) is 0 Å². The van der Waals surface area contributed by atoms with E-state index in [1.807, 2.05) is 54.6 Å². The minimum Gasteiger partial charge on any atom is -0.464 e. The molecule has 198 valence electrons. The van der Waals surface area contributed by atoms with E-state index in [2.05, 4.69) is 5.32 Å². The highest BCUT2D eigenvalue weighted by Gasteiger charge is 2.26. The van der Waals surface area contributed by atoms with Gasteiger partial charge in [-0.05, 0) is 48.6 Å². The van der Waals surface area contributed by atoms with Gasteiger partial charge in [0.15, 0.2) is 5.78 Å². The fourth-order valence-electron chi connectivity index (χ4n) is 4.24. The number of hydrogen-bond acceptors (Lipinski definition) is 7. The maximum Gasteiger partial charge on any atom is 0.238 e. The second-order valence-electron chi connectivity index (χ2n) is 9.11. The number of carbonyl (C=O) groups is 3. The second kappa shape index (κ2) is 14.3. The third kappa shape index (κ3) is 8.52. The molecular weight excluding hydrogens is 470 g/mol. The Bertz CT molecular complexity index is 1160. The highest BCUT2D eigenvalue weighted by molar-refractivity contribution is 5.93. The molecule has 3 rings (SSSR count). The number of nitrogens with zero attached hydrogens (tertiary/aromatic N) is 1. The van der Waals surface area contributed by atoms with E-state index in [0.717, 1.165) is 22.1 Å². The van der Waals surface area contributed by atoms with Crippen LogP contribution in [-0.4, -0.2) is 60.8 Å². The number of Topliss-reactive ketones (excluding diaryl/α,β-unsaturated/α-hetero) is 1. The molecule has 9 nitrogen and oxygen atoms in total. The molecule has 0 aliphatic rings. The van der Waals surface area contributed by atoms with Crippen molar-refractivity contribution < 1.29 is 18.8 Å². The van der Waals surface area contributed by atoms with Crippen molar-refractivity contribution >= 4 is 28.6 Å². The lowest BCUT2D eigenvalue weighted by atomic mass is 9.97. The summed E-state index contributed by atoms with van der Waals surface area (Å²) in [5.41, 5.74) is 20.1. The van der Waals surface area contributed by atoms with Crippen LogP contribution in [0.25, 0.3) is 11.0 Å². The van der Waals surface area contributed by atoms with Gasteiger partial charge < -0.3 is 31.8 Å². The zero-order valence-electron chi connectivity index (χ0n) is 21.1. The highest BCUT2D eigenvalue weighted by Crippen LogP contribution is 2.18. The van der Waals surface area contributed by atoms with Crippen molar-refractivity contribution in [3.05, 3.63) is 72.0 Å². The largest absolute Gasteiger partial charge is 0.464 e. The maximum atomic E-state index is 13.2. The Kier molecular flexibility index (Phi) is 10.8. The van der Waals surface area contributed by atoms with Gasteiger partial charge in [0, 0.05) is 38.0 Å². The lowest BCUT2D eigenvalue weighted by Gasteiger charge is -2.24. The van der Waals surface area contributed by atoms with Gasteiger partial charge in [-0.15, -0.1) is 0 Å². The molecule has 1 aromatic heterocycles. The number of nitrogens with one attached hydrogen (secondary N) is 1. The average Bonchev–Trinajstić information content (AvgIpc) is 3.38. The SMILES string of the molecule is NCCN(CCN)C(=O)C[C@H](N)C(=O)N[C@@H](CCc1ccccc1)C(=O)CCc1ccc2occc2c1. The molecule has 2 atom stereocenters. The van der Waals surface area contributed by atoms with Crippen LogP contribution in [-0.2, 0) is 27.2 Å². The summed E-state index contributed by atoms with van der Waals surface area (Å²) >= 11 is 0. The quantitative estimate of drug-likeness (QED) is 0.243. The molecule has 0 unspecified atom stereocenters. The highest BCUT2D eigenvalue weighted by atomic mass is 16.3. The first kappa shape index (κ1) is 28.0. The number of furan rings is 1. The third-order valence-electron chi connectivity index (χ3n) is 6.33. The van der Waals surface area contributed by atoms with E-state index >= 15 is 0 Å². The Morgan fingerprint density at radius 1 is 0.919 bits per heavy atom. The predicted molar refractivity (Wildman–Crippen MR) is 144 cm³/mol. The van der Waals surface area contributed by atoms with Crippen molar-refractivity contribution in [3.63, 3.8) is 0 Å². The second-order valence-corrected chi connectivity index (χ2v) is 9.11. The number of aryl methyl sites for hydroxylation is 2. The molecule has 9 heteroatoms. The molecule has 37 heavy (non-hydrogen) atoms. The number of nitrogens with two attached hydrogens (primary N) is 3. The molecule has 7 N–H and O–H groups in total. The molecule has 0 spiro atoms. The zero-order chi connectivity index (χ0) is 26.6. The van der Waals surface area contributed by atoms with Gasteiger partial charge in [0.2, 0.25) is 11.8 Å². The summed E-state index contributed by atoms with van der Waals surface area (Å²) < 4.78 is 5.38. The molecule has 2 aromatic carbocycles. The van der Waals surface area contributed by atoms with Gasteiger partial charge in [-0.1, -0.05) is 36.4 Å². The van der Waals surface area contributed by atoms with Crippen LogP contribution < -0.4 is 22.5 Å². The first-order chi connectivity index (χ1) is 17.9. The van der Waals surface area contributed by atoms with Crippen molar-refractivity contribution in [1.29, 1.82) is 0 Å². The number of amides is 2. The Morgan fingerprint density at radius 2 is 1.65 bits per heavy atom. The lowest BCUT2D eigenvalue weighted by molar-refractivity contribution is -0.135. The Hall–Kier alpha value is -3.53. The molecule has 0 aliphatic heterocycles. The minimum atomic E-state index is -1.08. The van der Waals surface area contributed by atoms with Gasteiger partial charge in [-0.3, -0.25) is 14.4 Å². The van der Waals surface area contributed by atoms with Crippen LogP contribution in [0.5, 0.6) is 0 Å². The van der Waals surface area contributed by atoms with E-state index in [1.165, 1.54) is 4.90 Å². The maximum absolute atomic E-state index is 13.2. The normalized spacial score (nSPS) is 12.7. The van der Waals surface area contributed by atoms with Crippen molar-refractivity contribution in [2.45, 2.75) is 44.2 Å². The van der Waals surface area contributed by atoms with Crippen LogP contribution in [0, 0.1) is 0 Å². The van der Waals surface area contributed by atoms with Gasteiger partial charge in [-0.25, -0.2) is 0 Å². The Morgan fingerprint density at radius 3 is 2.35 bits per heavy atom.